The molecule has 7 heteroatoms. The summed E-state index contributed by atoms with van der Waals surface area (Å²) in [5.74, 6) is 1.57. The lowest BCUT2D eigenvalue weighted by Crippen LogP contribution is -2.25. The highest BCUT2D eigenvalue weighted by Crippen LogP contribution is 2.51. The average Bonchev–Trinajstić information content (AvgIpc) is 3.33. The number of nitrogens with zero attached hydrogens (tertiary/aromatic N) is 1. The van der Waals surface area contributed by atoms with E-state index in [0.29, 0.717) is 30.7 Å². The molecule has 1 aliphatic carbocycles. The Morgan fingerprint density at radius 2 is 1.84 bits per heavy atom. The highest BCUT2D eigenvalue weighted by molar-refractivity contribution is 5.96. The lowest BCUT2D eigenvalue weighted by Gasteiger charge is -2.16. The van der Waals surface area contributed by atoms with E-state index in [1.54, 1.807) is 12.5 Å². The number of rotatable bonds is 9. The van der Waals surface area contributed by atoms with Crippen LogP contribution in [0.5, 0.6) is 11.5 Å². The molecule has 0 unspecified atom stereocenters. The number of carbonyl (C=O) groups is 2. The van der Waals surface area contributed by atoms with Gasteiger partial charge >= 0.3 is 0 Å². The average molecular weight is 512 g/mol. The van der Waals surface area contributed by atoms with Crippen molar-refractivity contribution in [2.45, 2.75) is 38.0 Å². The molecule has 4 aromatic rings. The van der Waals surface area contributed by atoms with Gasteiger partial charge < -0.3 is 19.8 Å². The largest absolute Gasteiger partial charge is 0.454 e. The van der Waals surface area contributed by atoms with E-state index < -0.39 is 5.41 Å². The highest BCUT2D eigenvalue weighted by Gasteiger charge is 2.50. The number of carbonyl (C=O) groups excluding carboxylic acids is 2. The van der Waals surface area contributed by atoms with Gasteiger partial charge in [-0.25, -0.2) is 4.98 Å². The molecule has 2 N–H and O–H groups in total. The molecule has 2 heterocycles. The number of hydrogen-bond donors (Lipinski definition) is 2. The van der Waals surface area contributed by atoms with Crippen LogP contribution in [-0.4, -0.2) is 35.0 Å². The molecule has 0 atom stereocenters. The Hall–Kier alpha value is -4.39. The van der Waals surface area contributed by atoms with E-state index in [2.05, 4.69) is 34.3 Å². The van der Waals surface area contributed by atoms with Crippen molar-refractivity contribution in [2.24, 2.45) is 0 Å². The van der Waals surface area contributed by atoms with Gasteiger partial charge in [0.1, 0.15) is 5.78 Å². The smallest absolute Gasteiger partial charge is 0.251 e. The summed E-state index contributed by atoms with van der Waals surface area (Å²) in [6.07, 6.45) is 6.17. The number of Topliss-reactive ketones (excluding diaryl/α,β-unsaturated/α-hetero) is 1. The number of aryl methyl sites for hydroxylation is 1. The first-order valence-electron chi connectivity index (χ1n) is 12.9. The van der Waals surface area contributed by atoms with Crippen LogP contribution in [0.4, 0.5) is 0 Å². The lowest BCUT2D eigenvalue weighted by molar-refractivity contribution is -0.120. The molecule has 0 saturated heterocycles. The fourth-order valence-electron chi connectivity index (χ4n) is 5.13. The van der Waals surface area contributed by atoms with Crippen molar-refractivity contribution < 1.29 is 21.9 Å². The number of ether oxygens (including phenoxy) is 2. The van der Waals surface area contributed by atoms with Gasteiger partial charge in [0.15, 0.2) is 11.5 Å². The Morgan fingerprint density at radius 1 is 1.03 bits per heavy atom. The summed E-state index contributed by atoms with van der Waals surface area (Å²) < 4.78 is 11.0. The number of H-pyrrole nitrogens is 1. The number of benzene rings is 3. The maximum Gasteiger partial charge on any atom is 0.251 e. The Morgan fingerprint density at radius 3 is 2.61 bits per heavy atom. The standard InChI is InChI=1S/C31H29N3O4.2H2/c1-20-2-3-21(15-29(35)31(11-12-31)24-8-9-27-28(16-24)38-19-37-27)14-26(20)22-4-6-23(7-5-22)30(36)33-13-10-25-17-32-18-34-25;;/h2-9,14,16-18H,10-13,15,19H2,1H3,(H,32,34)(H,33,36);2*1H. The summed E-state index contributed by atoms with van der Waals surface area (Å²) in [6, 6.07) is 19.7. The number of hydrogen-bond acceptors (Lipinski definition) is 5. The number of amides is 1. The number of nitrogens with one attached hydrogen (secondary N) is 2. The summed E-state index contributed by atoms with van der Waals surface area (Å²) in [5, 5.41) is 2.95. The minimum Gasteiger partial charge on any atom is -0.454 e. The predicted molar refractivity (Wildman–Crippen MR) is 148 cm³/mol. The molecular formula is C31H33N3O4. The molecule has 1 saturated carbocycles. The van der Waals surface area contributed by atoms with Crippen molar-refractivity contribution in [3.63, 3.8) is 0 Å². The molecule has 1 aromatic heterocycles. The third-order valence-corrected chi connectivity index (χ3v) is 7.57. The fraction of sp³-hybridized carbons (Fsp3) is 0.258. The van der Waals surface area contributed by atoms with Crippen LogP contribution in [0.2, 0.25) is 0 Å². The summed E-state index contributed by atoms with van der Waals surface area (Å²) in [6.45, 7) is 2.82. The van der Waals surface area contributed by atoms with E-state index in [-0.39, 0.29) is 21.3 Å². The molecule has 1 aliphatic heterocycles. The van der Waals surface area contributed by atoms with E-state index >= 15 is 0 Å². The van der Waals surface area contributed by atoms with Crippen molar-refractivity contribution in [1.29, 1.82) is 0 Å². The molecule has 38 heavy (non-hydrogen) atoms. The zero-order valence-electron chi connectivity index (χ0n) is 21.3. The van der Waals surface area contributed by atoms with Crippen LogP contribution in [0, 0.1) is 6.92 Å². The molecule has 1 fully saturated rings. The number of aromatic amines is 1. The first-order chi connectivity index (χ1) is 18.5. The maximum absolute atomic E-state index is 13.5. The predicted octanol–water partition coefficient (Wildman–Crippen LogP) is 5.42. The van der Waals surface area contributed by atoms with Crippen LogP contribution in [0.25, 0.3) is 11.1 Å². The molecule has 6 rings (SSSR count). The second kappa shape index (κ2) is 9.82. The molecule has 7 nitrogen and oxygen atoms in total. The van der Waals surface area contributed by atoms with Crippen LogP contribution < -0.4 is 14.8 Å². The fourth-order valence-corrected chi connectivity index (χ4v) is 5.13. The van der Waals surface area contributed by atoms with Crippen molar-refractivity contribution in [1.82, 2.24) is 15.3 Å². The summed E-state index contributed by atoms with van der Waals surface area (Å²) >= 11 is 0. The van der Waals surface area contributed by atoms with Crippen molar-refractivity contribution in [3.05, 3.63) is 101 Å². The van der Waals surface area contributed by atoms with Gasteiger partial charge in [0.25, 0.3) is 5.91 Å². The zero-order valence-corrected chi connectivity index (χ0v) is 21.3. The second-order valence-electron chi connectivity index (χ2n) is 10.1. The van der Waals surface area contributed by atoms with E-state index in [1.807, 2.05) is 48.5 Å². The van der Waals surface area contributed by atoms with Gasteiger partial charge in [-0.2, -0.15) is 0 Å². The van der Waals surface area contributed by atoms with Crippen molar-refractivity contribution in [2.75, 3.05) is 13.3 Å². The molecule has 196 valence electrons. The highest BCUT2D eigenvalue weighted by atomic mass is 16.7. The van der Waals surface area contributed by atoms with Gasteiger partial charge in [0, 0.05) is 39.7 Å². The minimum absolute atomic E-state index is 0. The van der Waals surface area contributed by atoms with E-state index in [4.69, 9.17) is 9.47 Å². The summed E-state index contributed by atoms with van der Waals surface area (Å²) in [4.78, 5) is 33.1. The van der Waals surface area contributed by atoms with E-state index in [0.717, 1.165) is 52.1 Å². The number of aromatic nitrogens is 2. The molecule has 3 aromatic carbocycles. The van der Waals surface area contributed by atoms with Gasteiger partial charge in [0.05, 0.1) is 11.7 Å². The number of imidazole rings is 1. The van der Waals surface area contributed by atoms with Crippen molar-refractivity contribution in [3.8, 4) is 22.6 Å². The first kappa shape index (κ1) is 24.0. The van der Waals surface area contributed by atoms with Gasteiger partial charge in [-0.15, -0.1) is 0 Å². The second-order valence-corrected chi connectivity index (χ2v) is 10.1. The number of ketones is 1. The molecule has 0 spiro atoms. The Labute approximate surface area is 224 Å². The molecule has 1 amide bonds. The maximum atomic E-state index is 13.5. The van der Waals surface area contributed by atoms with E-state index in [1.165, 1.54) is 0 Å². The van der Waals surface area contributed by atoms with Gasteiger partial charge in [-0.05, 0) is 71.8 Å². The lowest BCUT2D eigenvalue weighted by atomic mass is 9.87. The van der Waals surface area contributed by atoms with Gasteiger partial charge in [-0.1, -0.05) is 36.4 Å². The Balaban J connectivity index is 0.00000185. The minimum atomic E-state index is -0.432. The van der Waals surface area contributed by atoms with Crippen LogP contribution in [0.1, 0.15) is 48.4 Å². The first-order valence-corrected chi connectivity index (χ1v) is 12.9. The monoisotopic (exact) mass is 511 g/mol. The topological polar surface area (TPSA) is 93.3 Å². The van der Waals surface area contributed by atoms with Crippen LogP contribution in [-0.2, 0) is 23.1 Å². The van der Waals surface area contributed by atoms with Crippen LogP contribution in [0.15, 0.2) is 73.2 Å². The van der Waals surface area contributed by atoms with Crippen molar-refractivity contribution >= 4 is 11.7 Å². The van der Waals surface area contributed by atoms with Gasteiger partial charge in [-0.3, -0.25) is 9.59 Å². The zero-order chi connectivity index (χ0) is 26.1. The van der Waals surface area contributed by atoms with Gasteiger partial charge in [0.2, 0.25) is 6.79 Å². The Bertz CT molecular complexity index is 1500. The molecule has 0 radical (unpaired) electrons. The normalized spacial score (nSPS) is 14.8. The summed E-state index contributed by atoms with van der Waals surface area (Å²) in [7, 11) is 0. The van der Waals surface area contributed by atoms with Crippen LogP contribution in [0.3, 0.4) is 0 Å². The quantitative estimate of drug-likeness (QED) is 0.313. The number of fused-ring (bicyclic) bond motifs is 1. The molecular weight excluding hydrogens is 478 g/mol. The SMILES string of the molecule is Cc1ccc(CC(=O)C2(c3ccc4c(c3)OCO4)CC2)cc1-c1ccc(C(=O)NCCc2cnc[nH]2)cc1.[HH].[HH]. The van der Waals surface area contributed by atoms with E-state index in [9.17, 15) is 9.59 Å². The van der Waals surface area contributed by atoms with Crippen LogP contribution >= 0.6 is 0 Å². The third kappa shape index (κ3) is 4.67. The summed E-state index contributed by atoms with van der Waals surface area (Å²) in [5.41, 5.74) is 6.37. The molecule has 0 bridgehead atoms. The third-order valence-electron chi connectivity index (χ3n) is 7.57. The molecule has 2 aliphatic rings. The Kier molecular flexibility index (Phi) is 6.19.